The number of piperidine rings is 1. The number of hydrogen-bond donors (Lipinski definition) is 0. The molecule has 1 fully saturated rings. The van der Waals surface area contributed by atoms with E-state index in [0.29, 0.717) is 25.3 Å². The molecule has 2 aromatic heterocycles. The van der Waals surface area contributed by atoms with E-state index < -0.39 is 0 Å². The van der Waals surface area contributed by atoms with Gasteiger partial charge in [-0.1, -0.05) is 19.1 Å². The summed E-state index contributed by atoms with van der Waals surface area (Å²) < 4.78 is 7.88. The first-order valence-electron chi connectivity index (χ1n) is 8.68. The van der Waals surface area contributed by atoms with Gasteiger partial charge in [0.15, 0.2) is 0 Å². The first kappa shape index (κ1) is 16.1. The van der Waals surface area contributed by atoms with Crippen LogP contribution in [0.2, 0.25) is 0 Å². The lowest BCUT2D eigenvalue weighted by Crippen LogP contribution is -2.50. The largest absolute Gasteiger partial charge is 0.368 e. The van der Waals surface area contributed by atoms with Crippen molar-refractivity contribution in [2.24, 2.45) is 0 Å². The second-order valence-electron chi connectivity index (χ2n) is 7.01. The maximum absolute atomic E-state index is 12.9. The van der Waals surface area contributed by atoms with Crippen LogP contribution < -0.4 is 0 Å². The molecule has 0 aliphatic carbocycles. The number of likely N-dealkylation sites (tertiary alicyclic amines) is 1. The minimum absolute atomic E-state index is 0.0285. The summed E-state index contributed by atoms with van der Waals surface area (Å²) in [5.74, 6) is 0.979. The summed E-state index contributed by atoms with van der Waals surface area (Å²) in [5.41, 5.74) is 2.29. The molecule has 0 bridgehead atoms. The summed E-state index contributed by atoms with van der Waals surface area (Å²) >= 11 is 0. The Balaban J connectivity index is 1.52. The van der Waals surface area contributed by atoms with E-state index in [2.05, 4.69) is 20.3 Å². The molecule has 2 atom stereocenters. The fourth-order valence-corrected chi connectivity index (χ4v) is 3.52. The predicted octanol–water partition coefficient (Wildman–Crippen LogP) is 1.49. The van der Waals surface area contributed by atoms with E-state index in [-0.39, 0.29) is 24.0 Å². The Morgan fingerprint density at radius 1 is 1.36 bits per heavy atom. The van der Waals surface area contributed by atoms with Gasteiger partial charge in [-0.15, -0.1) is 5.10 Å². The lowest BCUT2D eigenvalue weighted by Gasteiger charge is -2.41. The normalized spacial score (nSPS) is 22.6. The standard InChI is InChI=1S/C17H22N6O2/c1-10(2)16-18-7-13(11(3)20-16)17(24)22-5-4-14-15(8-22)25-9-12-6-19-21-23(12)14/h6-7,10,14-15H,4-5,8-9H2,1-3H3/t14-,15-/m0/s1. The number of ether oxygens (including phenoxy) is 1. The Hall–Kier alpha value is -2.35. The van der Waals surface area contributed by atoms with Gasteiger partial charge in [0.1, 0.15) is 5.82 Å². The molecule has 1 saturated heterocycles. The summed E-state index contributed by atoms with van der Waals surface area (Å²) in [7, 11) is 0. The molecule has 0 N–H and O–H groups in total. The lowest BCUT2D eigenvalue weighted by molar-refractivity contribution is -0.0628. The smallest absolute Gasteiger partial charge is 0.257 e. The van der Waals surface area contributed by atoms with Gasteiger partial charge < -0.3 is 9.64 Å². The summed E-state index contributed by atoms with van der Waals surface area (Å²) in [6.45, 7) is 7.65. The number of nitrogens with zero attached hydrogens (tertiary/aromatic N) is 6. The van der Waals surface area contributed by atoms with Crippen molar-refractivity contribution in [2.45, 2.75) is 51.9 Å². The molecule has 25 heavy (non-hydrogen) atoms. The molecular formula is C17H22N6O2. The van der Waals surface area contributed by atoms with Crippen LogP contribution >= 0.6 is 0 Å². The molecule has 2 aromatic rings. The van der Waals surface area contributed by atoms with E-state index in [0.717, 1.165) is 23.6 Å². The van der Waals surface area contributed by atoms with Crippen LogP contribution in [0.25, 0.3) is 0 Å². The summed E-state index contributed by atoms with van der Waals surface area (Å²) in [6, 6.07) is 0.149. The molecule has 8 nitrogen and oxygen atoms in total. The molecule has 4 heterocycles. The topological polar surface area (TPSA) is 86.0 Å². The van der Waals surface area contributed by atoms with Crippen LogP contribution in [0.15, 0.2) is 12.4 Å². The minimum Gasteiger partial charge on any atom is -0.368 e. The molecule has 8 heteroatoms. The third-order valence-corrected chi connectivity index (χ3v) is 4.96. The number of aryl methyl sites for hydroxylation is 1. The van der Waals surface area contributed by atoms with Crippen molar-refractivity contribution in [3.63, 3.8) is 0 Å². The highest BCUT2D eigenvalue weighted by atomic mass is 16.5. The highest BCUT2D eigenvalue weighted by molar-refractivity contribution is 5.95. The second-order valence-corrected chi connectivity index (χ2v) is 7.01. The molecule has 2 aliphatic rings. The van der Waals surface area contributed by atoms with E-state index in [4.69, 9.17) is 4.74 Å². The molecule has 1 amide bonds. The zero-order valence-corrected chi connectivity index (χ0v) is 14.7. The van der Waals surface area contributed by atoms with E-state index in [1.54, 1.807) is 12.4 Å². The van der Waals surface area contributed by atoms with Gasteiger partial charge in [-0.2, -0.15) is 0 Å². The van der Waals surface area contributed by atoms with Gasteiger partial charge in [-0.3, -0.25) is 4.79 Å². The fourth-order valence-electron chi connectivity index (χ4n) is 3.52. The van der Waals surface area contributed by atoms with Gasteiger partial charge in [-0.05, 0) is 13.3 Å². The highest BCUT2D eigenvalue weighted by Crippen LogP contribution is 2.31. The van der Waals surface area contributed by atoms with Crippen molar-refractivity contribution in [1.29, 1.82) is 0 Å². The number of carbonyl (C=O) groups excluding carboxylic acids is 1. The van der Waals surface area contributed by atoms with E-state index >= 15 is 0 Å². The van der Waals surface area contributed by atoms with Gasteiger partial charge in [0.25, 0.3) is 5.91 Å². The number of rotatable bonds is 2. The number of aromatic nitrogens is 5. The Bertz CT molecular complexity index is 802. The van der Waals surface area contributed by atoms with Crippen LogP contribution in [0, 0.1) is 6.92 Å². The number of fused-ring (bicyclic) bond motifs is 3. The SMILES string of the molecule is Cc1nc(C(C)C)ncc1C(=O)N1CC[C@H]2[C@H](C1)OCc1cnnn12. The first-order chi connectivity index (χ1) is 12.0. The molecule has 4 rings (SSSR count). The summed E-state index contributed by atoms with van der Waals surface area (Å²) in [4.78, 5) is 23.6. The quantitative estimate of drug-likeness (QED) is 0.822. The Kier molecular flexibility index (Phi) is 3.99. The molecule has 0 saturated carbocycles. The van der Waals surface area contributed by atoms with Crippen LogP contribution in [0.5, 0.6) is 0 Å². The van der Waals surface area contributed by atoms with Gasteiger partial charge in [0.05, 0.1) is 41.9 Å². The van der Waals surface area contributed by atoms with Gasteiger partial charge in [0, 0.05) is 25.2 Å². The predicted molar refractivity (Wildman–Crippen MR) is 89.0 cm³/mol. The van der Waals surface area contributed by atoms with E-state index in [9.17, 15) is 4.79 Å². The number of carbonyl (C=O) groups is 1. The third kappa shape index (κ3) is 2.80. The zero-order chi connectivity index (χ0) is 17.6. The summed E-state index contributed by atoms with van der Waals surface area (Å²) in [6.07, 6.45) is 4.15. The maximum atomic E-state index is 12.9. The van der Waals surface area contributed by atoms with Crippen molar-refractivity contribution in [1.82, 2.24) is 29.9 Å². The van der Waals surface area contributed by atoms with Gasteiger partial charge in [-0.25, -0.2) is 14.6 Å². The number of hydrogen-bond acceptors (Lipinski definition) is 6. The molecule has 0 aromatic carbocycles. The molecule has 0 spiro atoms. The van der Waals surface area contributed by atoms with Crippen LogP contribution in [-0.2, 0) is 11.3 Å². The first-order valence-corrected chi connectivity index (χ1v) is 8.68. The van der Waals surface area contributed by atoms with E-state index in [1.807, 2.05) is 30.4 Å². The van der Waals surface area contributed by atoms with Crippen LogP contribution in [0.1, 0.15) is 59.8 Å². The average Bonchev–Trinajstić information content (AvgIpc) is 3.09. The van der Waals surface area contributed by atoms with Crippen LogP contribution in [0.3, 0.4) is 0 Å². The molecule has 2 aliphatic heterocycles. The van der Waals surface area contributed by atoms with Crippen molar-refractivity contribution in [3.05, 3.63) is 35.2 Å². The molecule has 0 unspecified atom stereocenters. The molecular weight excluding hydrogens is 320 g/mol. The average molecular weight is 342 g/mol. The minimum atomic E-state index is -0.0527. The summed E-state index contributed by atoms with van der Waals surface area (Å²) in [5, 5.41) is 8.14. The van der Waals surface area contributed by atoms with Gasteiger partial charge >= 0.3 is 0 Å². The highest BCUT2D eigenvalue weighted by Gasteiger charge is 2.38. The fraction of sp³-hybridized carbons (Fsp3) is 0.588. The monoisotopic (exact) mass is 342 g/mol. The van der Waals surface area contributed by atoms with Crippen molar-refractivity contribution in [2.75, 3.05) is 13.1 Å². The molecule has 0 radical (unpaired) electrons. The Morgan fingerprint density at radius 2 is 2.20 bits per heavy atom. The zero-order valence-electron chi connectivity index (χ0n) is 14.7. The van der Waals surface area contributed by atoms with Crippen molar-refractivity contribution >= 4 is 5.91 Å². The van der Waals surface area contributed by atoms with Crippen molar-refractivity contribution in [3.8, 4) is 0 Å². The Morgan fingerprint density at radius 3 is 2.96 bits per heavy atom. The maximum Gasteiger partial charge on any atom is 0.257 e. The lowest BCUT2D eigenvalue weighted by atomic mass is 9.99. The number of amides is 1. The molecule has 132 valence electrons. The van der Waals surface area contributed by atoms with Gasteiger partial charge in [0.2, 0.25) is 0 Å². The third-order valence-electron chi connectivity index (χ3n) is 4.96. The Labute approximate surface area is 146 Å². The van der Waals surface area contributed by atoms with Crippen LogP contribution in [0.4, 0.5) is 0 Å². The van der Waals surface area contributed by atoms with Crippen LogP contribution in [-0.4, -0.2) is 55.0 Å². The van der Waals surface area contributed by atoms with E-state index in [1.165, 1.54) is 0 Å². The second kappa shape index (κ2) is 6.18. The van der Waals surface area contributed by atoms with Crippen molar-refractivity contribution < 1.29 is 9.53 Å².